The van der Waals surface area contributed by atoms with Gasteiger partial charge in [0, 0.05) is 20.5 Å². The lowest BCUT2D eigenvalue weighted by Crippen LogP contribution is -1.85. The number of halogens is 1. The van der Waals surface area contributed by atoms with Gasteiger partial charge in [0.1, 0.15) is 0 Å². The van der Waals surface area contributed by atoms with Crippen molar-refractivity contribution in [3.63, 3.8) is 0 Å². The Morgan fingerprint density at radius 2 is 1.65 bits per heavy atom. The second-order valence-corrected chi connectivity index (χ2v) is 6.33. The van der Waals surface area contributed by atoms with Gasteiger partial charge in [-0.05, 0) is 35.6 Å². The van der Waals surface area contributed by atoms with Crippen LogP contribution in [0.3, 0.4) is 0 Å². The largest absolute Gasteiger partial charge is 0.192 e. The average molecular weight is 344 g/mol. The fourth-order valence-corrected chi connectivity index (χ4v) is 3.37. The molecule has 1 aromatic heterocycles. The Balaban J connectivity index is 2.17. The molecule has 0 spiro atoms. The maximum Gasteiger partial charge on any atom is 0.0921 e. The predicted octanol–water partition coefficient (Wildman–Crippen LogP) is 5.80. The molecule has 0 amide bonds. The van der Waals surface area contributed by atoms with Crippen LogP contribution in [0.5, 0.6) is 0 Å². The number of rotatable bonds is 3. The Morgan fingerprint density at radius 3 is 2.30 bits per heavy atom. The third kappa shape index (κ3) is 2.56. The average Bonchev–Trinajstić information content (AvgIpc) is 2.93. The zero-order valence-electron chi connectivity index (χ0n) is 11.1. The van der Waals surface area contributed by atoms with Gasteiger partial charge in [0.25, 0.3) is 0 Å². The molecule has 0 saturated carbocycles. The van der Waals surface area contributed by atoms with E-state index in [4.69, 9.17) is 0 Å². The molecule has 0 bridgehead atoms. The van der Waals surface area contributed by atoms with Gasteiger partial charge in [0.05, 0.1) is 5.69 Å². The van der Waals surface area contributed by atoms with Crippen LogP contribution in [0.25, 0.3) is 22.4 Å². The van der Waals surface area contributed by atoms with Crippen LogP contribution in [0.4, 0.5) is 0 Å². The Hall–Kier alpha value is -1.45. The van der Waals surface area contributed by atoms with Crippen molar-refractivity contribution in [1.29, 1.82) is 0 Å². The molecular formula is C17H14BrNS. The first kappa shape index (κ1) is 13.5. The summed E-state index contributed by atoms with van der Waals surface area (Å²) < 4.78 is 5.78. The van der Waals surface area contributed by atoms with Gasteiger partial charge in [0.2, 0.25) is 0 Å². The summed E-state index contributed by atoms with van der Waals surface area (Å²) in [6.07, 6.45) is 1.01. The van der Waals surface area contributed by atoms with Crippen molar-refractivity contribution in [3.05, 3.63) is 63.9 Å². The molecule has 3 rings (SSSR count). The number of hydrogen-bond donors (Lipinski definition) is 0. The van der Waals surface area contributed by atoms with E-state index in [9.17, 15) is 0 Å². The first-order valence-electron chi connectivity index (χ1n) is 6.59. The van der Waals surface area contributed by atoms with Crippen molar-refractivity contribution in [2.45, 2.75) is 13.3 Å². The van der Waals surface area contributed by atoms with Gasteiger partial charge >= 0.3 is 0 Å². The van der Waals surface area contributed by atoms with Crippen molar-refractivity contribution in [2.24, 2.45) is 0 Å². The summed E-state index contributed by atoms with van der Waals surface area (Å²) in [6, 6.07) is 18.9. The minimum absolute atomic E-state index is 1.01. The predicted molar refractivity (Wildman–Crippen MR) is 90.1 cm³/mol. The minimum atomic E-state index is 1.01. The molecule has 3 heteroatoms. The molecule has 0 atom stereocenters. The molecule has 0 radical (unpaired) electrons. The van der Waals surface area contributed by atoms with Crippen molar-refractivity contribution in [2.75, 3.05) is 0 Å². The molecule has 0 aliphatic heterocycles. The molecular weight excluding hydrogens is 330 g/mol. The number of benzene rings is 2. The molecule has 0 aliphatic rings. The highest BCUT2D eigenvalue weighted by atomic mass is 79.9. The van der Waals surface area contributed by atoms with E-state index in [0.29, 0.717) is 0 Å². The summed E-state index contributed by atoms with van der Waals surface area (Å²) in [4.78, 5) is 1.34. The van der Waals surface area contributed by atoms with Crippen LogP contribution in [0.1, 0.15) is 11.8 Å². The van der Waals surface area contributed by atoms with Crippen LogP contribution in [-0.4, -0.2) is 4.37 Å². The van der Waals surface area contributed by atoms with E-state index in [2.05, 4.69) is 75.8 Å². The van der Waals surface area contributed by atoms with Gasteiger partial charge in [0.15, 0.2) is 0 Å². The van der Waals surface area contributed by atoms with Crippen LogP contribution >= 0.6 is 27.5 Å². The highest BCUT2D eigenvalue weighted by molar-refractivity contribution is 9.10. The first-order chi connectivity index (χ1) is 9.79. The van der Waals surface area contributed by atoms with Crippen LogP contribution in [0.15, 0.2) is 59.1 Å². The van der Waals surface area contributed by atoms with Gasteiger partial charge in [-0.1, -0.05) is 65.3 Å². The third-order valence-electron chi connectivity index (χ3n) is 3.26. The van der Waals surface area contributed by atoms with Crippen LogP contribution in [-0.2, 0) is 6.42 Å². The zero-order valence-corrected chi connectivity index (χ0v) is 13.5. The molecule has 100 valence electrons. The summed E-state index contributed by atoms with van der Waals surface area (Å²) in [6.45, 7) is 2.19. The van der Waals surface area contributed by atoms with Crippen LogP contribution < -0.4 is 0 Å². The Labute approximate surface area is 131 Å². The summed E-state index contributed by atoms with van der Waals surface area (Å²) in [5, 5.41) is 0. The molecule has 20 heavy (non-hydrogen) atoms. The molecule has 0 aliphatic carbocycles. The number of hydrogen-bond acceptors (Lipinski definition) is 2. The normalized spacial score (nSPS) is 10.7. The fraction of sp³-hybridized carbons (Fsp3) is 0.118. The summed E-state index contributed by atoms with van der Waals surface area (Å²) in [5.74, 6) is 0. The van der Waals surface area contributed by atoms with Crippen molar-refractivity contribution >= 4 is 27.5 Å². The number of aromatic nitrogens is 1. The lowest BCUT2D eigenvalue weighted by molar-refractivity contribution is 1.19. The van der Waals surface area contributed by atoms with Crippen molar-refractivity contribution in [1.82, 2.24) is 4.37 Å². The SMILES string of the molecule is CCc1snc(-c2ccc(Br)cc2)c1-c1ccccc1. The summed E-state index contributed by atoms with van der Waals surface area (Å²) >= 11 is 5.09. The molecule has 2 aromatic carbocycles. The standard InChI is InChI=1S/C17H14BrNS/c1-2-15-16(12-6-4-3-5-7-12)17(19-20-15)13-8-10-14(18)11-9-13/h3-11H,2H2,1H3. The van der Waals surface area contributed by atoms with Gasteiger partial charge in [-0.15, -0.1) is 0 Å². The van der Waals surface area contributed by atoms with Gasteiger partial charge in [-0.25, -0.2) is 0 Å². The fourth-order valence-electron chi connectivity index (χ4n) is 2.27. The molecule has 0 unspecified atom stereocenters. The van der Waals surface area contributed by atoms with E-state index in [1.54, 1.807) is 11.5 Å². The minimum Gasteiger partial charge on any atom is -0.192 e. The smallest absolute Gasteiger partial charge is 0.0921 e. The highest BCUT2D eigenvalue weighted by Crippen LogP contribution is 2.37. The second kappa shape index (κ2) is 5.90. The lowest BCUT2D eigenvalue weighted by Gasteiger charge is -2.06. The maximum absolute atomic E-state index is 4.69. The first-order valence-corrected chi connectivity index (χ1v) is 8.16. The molecule has 1 heterocycles. The van der Waals surface area contributed by atoms with E-state index in [1.807, 2.05) is 6.07 Å². The van der Waals surface area contributed by atoms with Crippen LogP contribution in [0.2, 0.25) is 0 Å². The van der Waals surface area contributed by atoms with E-state index in [-0.39, 0.29) is 0 Å². The quantitative estimate of drug-likeness (QED) is 0.585. The Morgan fingerprint density at radius 1 is 0.950 bits per heavy atom. The molecule has 0 fully saturated rings. The molecule has 0 saturated heterocycles. The van der Waals surface area contributed by atoms with Gasteiger partial charge < -0.3 is 0 Å². The molecule has 1 nitrogen and oxygen atoms in total. The lowest BCUT2D eigenvalue weighted by atomic mass is 9.99. The summed E-state index contributed by atoms with van der Waals surface area (Å²) in [5.41, 5.74) is 4.78. The maximum atomic E-state index is 4.69. The van der Waals surface area contributed by atoms with Crippen LogP contribution in [0, 0.1) is 0 Å². The Kier molecular flexibility index (Phi) is 3.99. The zero-order chi connectivity index (χ0) is 13.9. The third-order valence-corrected chi connectivity index (χ3v) is 4.78. The molecule has 3 aromatic rings. The number of aryl methyl sites for hydroxylation is 1. The van der Waals surface area contributed by atoms with Crippen molar-refractivity contribution in [3.8, 4) is 22.4 Å². The molecule has 0 N–H and O–H groups in total. The summed E-state index contributed by atoms with van der Waals surface area (Å²) in [7, 11) is 0. The van der Waals surface area contributed by atoms with Gasteiger partial charge in [-0.2, -0.15) is 4.37 Å². The topological polar surface area (TPSA) is 12.9 Å². The van der Waals surface area contributed by atoms with Gasteiger partial charge in [-0.3, -0.25) is 0 Å². The van der Waals surface area contributed by atoms with Crippen molar-refractivity contribution < 1.29 is 0 Å². The highest BCUT2D eigenvalue weighted by Gasteiger charge is 2.15. The van der Waals surface area contributed by atoms with E-state index in [1.165, 1.54) is 21.6 Å². The number of nitrogens with zero attached hydrogens (tertiary/aromatic N) is 1. The van der Waals surface area contributed by atoms with E-state index in [0.717, 1.165) is 16.6 Å². The Bertz CT molecular complexity index is 702. The second-order valence-electron chi connectivity index (χ2n) is 4.56. The van der Waals surface area contributed by atoms with E-state index >= 15 is 0 Å². The van der Waals surface area contributed by atoms with E-state index < -0.39 is 0 Å². The monoisotopic (exact) mass is 343 g/mol.